The van der Waals surface area contributed by atoms with Gasteiger partial charge in [0.15, 0.2) is 6.29 Å². The summed E-state index contributed by atoms with van der Waals surface area (Å²) in [6.07, 6.45) is 0.284. The standard InChI is InChI=1S/C16H12O5/c17-8-10-5-6-14(13-4-2-1-3-12(10)13)16(19)21-11-7-15(18)20-9-11/h1-6,8,11H,7,9H2. The Hall–Kier alpha value is -2.69. The Balaban J connectivity index is 1.95. The van der Waals surface area contributed by atoms with Gasteiger partial charge in [-0.2, -0.15) is 0 Å². The molecule has 0 spiro atoms. The highest BCUT2D eigenvalue weighted by Gasteiger charge is 2.28. The molecule has 0 aromatic heterocycles. The van der Waals surface area contributed by atoms with Gasteiger partial charge in [-0.25, -0.2) is 4.79 Å². The van der Waals surface area contributed by atoms with E-state index in [-0.39, 0.29) is 19.0 Å². The van der Waals surface area contributed by atoms with Crippen LogP contribution in [0.3, 0.4) is 0 Å². The highest BCUT2D eigenvalue weighted by Crippen LogP contribution is 2.23. The van der Waals surface area contributed by atoms with Crippen molar-refractivity contribution in [2.24, 2.45) is 0 Å². The van der Waals surface area contributed by atoms with E-state index >= 15 is 0 Å². The van der Waals surface area contributed by atoms with E-state index in [0.29, 0.717) is 21.9 Å². The lowest BCUT2D eigenvalue weighted by molar-refractivity contribution is -0.137. The Morgan fingerprint density at radius 3 is 2.62 bits per heavy atom. The fraction of sp³-hybridized carbons (Fsp3) is 0.188. The quantitative estimate of drug-likeness (QED) is 0.638. The van der Waals surface area contributed by atoms with Gasteiger partial charge < -0.3 is 9.47 Å². The molecule has 1 atom stereocenters. The molecule has 1 saturated heterocycles. The monoisotopic (exact) mass is 284 g/mol. The first-order chi connectivity index (χ1) is 10.2. The summed E-state index contributed by atoms with van der Waals surface area (Å²) in [5, 5.41) is 1.35. The van der Waals surface area contributed by atoms with Crippen LogP contribution in [0.2, 0.25) is 0 Å². The van der Waals surface area contributed by atoms with Crippen molar-refractivity contribution in [3.8, 4) is 0 Å². The van der Waals surface area contributed by atoms with E-state index in [4.69, 9.17) is 9.47 Å². The van der Waals surface area contributed by atoms with Crippen LogP contribution < -0.4 is 0 Å². The van der Waals surface area contributed by atoms with E-state index in [2.05, 4.69) is 0 Å². The van der Waals surface area contributed by atoms with E-state index in [0.717, 1.165) is 6.29 Å². The Bertz CT molecular complexity index is 735. The van der Waals surface area contributed by atoms with Gasteiger partial charge in [-0.3, -0.25) is 9.59 Å². The molecule has 2 aromatic carbocycles. The average molecular weight is 284 g/mol. The first kappa shape index (κ1) is 13.3. The number of carbonyl (C=O) groups is 3. The summed E-state index contributed by atoms with van der Waals surface area (Å²) in [5.74, 6) is -0.888. The number of esters is 2. The molecule has 5 nitrogen and oxygen atoms in total. The second kappa shape index (κ2) is 5.36. The van der Waals surface area contributed by atoms with Gasteiger partial charge in [-0.1, -0.05) is 30.3 Å². The summed E-state index contributed by atoms with van der Waals surface area (Å²) in [6.45, 7) is 0.0922. The van der Waals surface area contributed by atoms with Crippen LogP contribution in [-0.4, -0.2) is 30.9 Å². The average Bonchev–Trinajstić information content (AvgIpc) is 2.91. The highest BCUT2D eigenvalue weighted by atomic mass is 16.6. The van der Waals surface area contributed by atoms with Crippen molar-refractivity contribution in [3.05, 3.63) is 47.5 Å². The first-order valence-corrected chi connectivity index (χ1v) is 6.52. The maximum absolute atomic E-state index is 12.2. The minimum Gasteiger partial charge on any atom is -0.462 e. The zero-order chi connectivity index (χ0) is 14.8. The largest absolute Gasteiger partial charge is 0.462 e. The van der Waals surface area contributed by atoms with E-state index in [9.17, 15) is 14.4 Å². The predicted molar refractivity (Wildman–Crippen MR) is 74.1 cm³/mol. The number of aldehydes is 1. The smallest absolute Gasteiger partial charge is 0.339 e. The lowest BCUT2D eigenvalue weighted by atomic mass is 10.0. The molecule has 3 rings (SSSR count). The molecule has 0 saturated carbocycles. The predicted octanol–water partition coefficient (Wildman–Crippen LogP) is 2.12. The SMILES string of the molecule is O=Cc1ccc(C(=O)OC2COC(=O)C2)c2ccccc12. The number of ether oxygens (including phenoxy) is 2. The van der Waals surface area contributed by atoms with Gasteiger partial charge in [0.1, 0.15) is 12.7 Å². The Kier molecular flexibility index (Phi) is 3.39. The van der Waals surface area contributed by atoms with Gasteiger partial charge in [-0.05, 0) is 16.8 Å². The maximum atomic E-state index is 12.2. The molecule has 1 heterocycles. The highest BCUT2D eigenvalue weighted by molar-refractivity contribution is 6.09. The fourth-order valence-corrected chi connectivity index (χ4v) is 2.38. The molecular weight excluding hydrogens is 272 g/mol. The van der Waals surface area contributed by atoms with Crippen LogP contribution in [0.4, 0.5) is 0 Å². The molecule has 21 heavy (non-hydrogen) atoms. The Morgan fingerprint density at radius 2 is 1.95 bits per heavy atom. The lowest BCUT2D eigenvalue weighted by Gasteiger charge is -2.11. The Morgan fingerprint density at radius 1 is 1.19 bits per heavy atom. The molecule has 5 heteroatoms. The van der Waals surface area contributed by atoms with Crippen molar-refractivity contribution in [1.29, 1.82) is 0 Å². The number of hydrogen-bond donors (Lipinski definition) is 0. The normalized spacial score (nSPS) is 17.5. The number of rotatable bonds is 3. The Labute approximate surface area is 120 Å². The van der Waals surface area contributed by atoms with Crippen molar-refractivity contribution in [2.75, 3.05) is 6.61 Å². The first-order valence-electron chi connectivity index (χ1n) is 6.52. The van der Waals surface area contributed by atoms with Crippen LogP contribution in [0.1, 0.15) is 27.1 Å². The third-order valence-electron chi connectivity index (χ3n) is 3.40. The minimum atomic E-state index is -0.547. The van der Waals surface area contributed by atoms with Crippen molar-refractivity contribution < 1.29 is 23.9 Å². The third-order valence-corrected chi connectivity index (χ3v) is 3.40. The van der Waals surface area contributed by atoms with Gasteiger partial charge in [0.2, 0.25) is 0 Å². The summed E-state index contributed by atoms with van der Waals surface area (Å²) in [5.41, 5.74) is 0.886. The minimum absolute atomic E-state index is 0.0795. The molecule has 1 fully saturated rings. The summed E-state index contributed by atoms with van der Waals surface area (Å²) < 4.78 is 10.0. The summed E-state index contributed by atoms with van der Waals surface area (Å²) >= 11 is 0. The van der Waals surface area contributed by atoms with Gasteiger partial charge in [0.05, 0.1) is 12.0 Å². The molecule has 1 unspecified atom stereocenters. The van der Waals surface area contributed by atoms with E-state index in [1.54, 1.807) is 36.4 Å². The van der Waals surface area contributed by atoms with Crippen LogP contribution in [-0.2, 0) is 14.3 Å². The van der Waals surface area contributed by atoms with Gasteiger partial charge in [-0.15, -0.1) is 0 Å². The van der Waals surface area contributed by atoms with Crippen LogP contribution in [0.25, 0.3) is 10.8 Å². The van der Waals surface area contributed by atoms with Crippen molar-refractivity contribution in [2.45, 2.75) is 12.5 Å². The van der Waals surface area contributed by atoms with Crippen LogP contribution in [0.15, 0.2) is 36.4 Å². The van der Waals surface area contributed by atoms with Crippen LogP contribution in [0, 0.1) is 0 Å². The molecule has 0 amide bonds. The zero-order valence-electron chi connectivity index (χ0n) is 11.1. The molecular formula is C16H12O5. The zero-order valence-corrected chi connectivity index (χ0v) is 11.1. The van der Waals surface area contributed by atoms with E-state index in [1.165, 1.54) is 0 Å². The molecule has 106 valence electrons. The second-order valence-electron chi connectivity index (χ2n) is 4.78. The van der Waals surface area contributed by atoms with Gasteiger partial charge in [0, 0.05) is 5.56 Å². The molecule has 2 aromatic rings. The van der Waals surface area contributed by atoms with E-state index in [1.807, 2.05) is 0 Å². The van der Waals surface area contributed by atoms with Crippen LogP contribution >= 0.6 is 0 Å². The lowest BCUT2D eigenvalue weighted by Crippen LogP contribution is -2.18. The number of hydrogen-bond acceptors (Lipinski definition) is 5. The molecule has 0 radical (unpaired) electrons. The van der Waals surface area contributed by atoms with Gasteiger partial charge >= 0.3 is 11.9 Å². The maximum Gasteiger partial charge on any atom is 0.339 e. The fourth-order valence-electron chi connectivity index (χ4n) is 2.38. The third kappa shape index (κ3) is 2.50. The topological polar surface area (TPSA) is 69.7 Å². The van der Waals surface area contributed by atoms with Crippen LogP contribution in [0.5, 0.6) is 0 Å². The molecule has 0 bridgehead atoms. The number of benzene rings is 2. The summed E-state index contributed by atoms with van der Waals surface area (Å²) in [7, 11) is 0. The van der Waals surface area contributed by atoms with Crippen molar-refractivity contribution >= 4 is 29.0 Å². The summed E-state index contributed by atoms with van der Waals surface area (Å²) in [4.78, 5) is 34.3. The molecule has 0 N–H and O–H groups in total. The van der Waals surface area contributed by atoms with Crippen molar-refractivity contribution in [1.82, 2.24) is 0 Å². The van der Waals surface area contributed by atoms with Gasteiger partial charge in [0.25, 0.3) is 0 Å². The second-order valence-corrected chi connectivity index (χ2v) is 4.78. The number of carbonyl (C=O) groups excluding carboxylic acids is 3. The van der Waals surface area contributed by atoms with Crippen molar-refractivity contribution in [3.63, 3.8) is 0 Å². The number of cyclic esters (lactones) is 1. The number of fused-ring (bicyclic) bond motifs is 1. The molecule has 1 aliphatic rings. The molecule has 0 aliphatic carbocycles. The summed E-state index contributed by atoms with van der Waals surface area (Å²) in [6, 6.07) is 10.3. The van der Waals surface area contributed by atoms with E-state index < -0.39 is 12.1 Å². The molecule has 1 aliphatic heterocycles.